The zero-order valence-corrected chi connectivity index (χ0v) is 12.4. The fraction of sp³-hybridized carbons (Fsp3) is 0.615. The van der Waals surface area contributed by atoms with Crippen molar-refractivity contribution in [3.63, 3.8) is 0 Å². The monoisotopic (exact) mass is 293 g/mol. The number of aryl methyl sites for hydroxylation is 1. The molecule has 2 aromatic rings. The quantitative estimate of drug-likeness (QED) is 0.578. The summed E-state index contributed by atoms with van der Waals surface area (Å²) in [6.07, 6.45) is 4.17. The molecule has 0 unspecified atom stereocenters. The molecule has 0 bridgehead atoms. The van der Waals surface area contributed by atoms with E-state index in [9.17, 15) is 9.59 Å². The minimum Gasteiger partial charge on any atom is -0.461 e. The van der Waals surface area contributed by atoms with Gasteiger partial charge in [-0.2, -0.15) is 4.68 Å². The van der Waals surface area contributed by atoms with Gasteiger partial charge >= 0.3 is 11.7 Å². The normalized spacial score (nSPS) is 11.2. The number of rotatable bonds is 6. The summed E-state index contributed by atoms with van der Waals surface area (Å²) >= 11 is 0. The second-order valence-electron chi connectivity index (χ2n) is 5.31. The van der Waals surface area contributed by atoms with E-state index in [2.05, 4.69) is 29.1 Å². The standard InChI is InChI=1S/C13H19N5O3/c1-9(2)6-4-5-7-21-12(19)10-11-15-16-17(3)13(20)18(11)8-14-10/h8-9H,4-7H2,1-3H3. The molecular weight excluding hydrogens is 274 g/mol. The van der Waals surface area contributed by atoms with E-state index in [4.69, 9.17) is 4.74 Å². The van der Waals surface area contributed by atoms with Crippen LogP contribution in [0.25, 0.3) is 5.65 Å². The van der Waals surface area contributed by atoms with Gasteiger partial charge in [0.25, 0.3) is 0 Å². The summed E-state index contributed by atoms with van der Waals surface area (Å²) in [7, 11) is 1.47. The van der Waals surface area contributed by atoms with Gasteiger partial charge in [-0.05, 0) is 18.8 Å². The number of fused-ring (bicyclic) bond motifs is 1. The number of carbonyl (C=O) groups is 1. The summed E-state index contributed by atoms with van der Waals surface area (Å²) in [4.78, 5) is 27.6. The first-order chi connectivity index (χ1) is 10.0. The summed E-state index contributed by atoms with van der Waals surface area (Å²) < 4.78 is 7.39. The number of unbranched alkanes of at least 4 members (excludes halogenated alkanes) is 1. The zero-order chi connectivity index (χ0) is 15.4. The number of nitrogens with zero attached hydrogens (tertiary/aromatic N) is 5. The molecule has 8 nitrogen and oxygen atoms in total. The molecule has 0 saturated carbocycles. The fourth-order valence-electron chi connectivity index (χ4n) is 1.91. The van der Waals surface area contributed by atoms with Gasteiger partial charge in [-0.3, -0.25) is 0 Å². The zero-order valence-electron chi connectivity index (χ0n) is 12.4. The van der Waals surface area contributed by atoms with E-state index in [1.54, 1.807) is 0 Å². The molecular formula is C13H19N5O3. The van der Waals surface area contributed by atoms with Gasteiger partial charge in [-0.25, -0.2) is 19.0 Å². The van der Waals surface area contributed by atoms with Crippen molar-refractivity contribution in [2.45, 2.75) is 33.1 Å². The van der Waals surface area contributed by atoms with E-state index in [1.807, 2.05) is 0 Å². The maximum Gasteiger partial charge on any atom is 0.360 e. The maximum atomic E-state index is 11.9. The summed E-state index contributed by atoms with van der Waals surface area (Å²) in [6, 6.07) is 0. The third-order valence-corrected chi connectivity index (χ3v) is 3.10. The Labute approximate surface area is 121 Å². The summed E-state index contributed by atoms with van der Waals surface area (Å²) in [5.74, 6) is 0.0638. The van der Waals surface area contributed by atoms with Crippen molar-refractivity contribution in [3.8, 4) is 0 Å². The molecule has 2 rings (SSSR count). The van der Waals surface area contributed by atoms with Gasteiger partial charge in [0.05, 0.1) is 6.61 Å². The van der Waals surface area contributed by atoms with Crippen LogP contribution in [0.15, 0.2) is 11.1 Å². The van der Waals surface area contributed by atoms with Crippen molar-refractivity contribution >= 4 is 11.6 Å². The highest BCUT2D eigenvalue weighted by molar-refractivity contribution is 5.93. The van der Waals surface area contributed by atoms with Gasteiger partial charge in [-0.1, -0.05) is 25.5 Å². The third kappa shape index (κ3) is 3.45. The van der Waals surface area contributed by atoms with Crippen molar-refractivity contribution in [3.05, 3.63) is 22.5 Å². The van der Waals surface area contributed by atoms with E-state index in [1.165, 1.54) is 17.8 Å². The Hall–Kier alpha value is -2.25. The van der Waals surface area contributed by atoms with E-state index in [-0.39, 0.29) is 11.3 Å². The second kappa shape index (κ2) is 6.47. The van der Waals surface area contributed by atoms with E-state index >= 15 is 0 Å². The van der Waals surface area contributed by atoms with Crippen LogP contribution in [0.5, 0.6) is 0 Å². The van der Waals surface area contributed by atoms with Gasteiger partial charge < -0.3 is 4.74 Å². The molecule has 0 N–H and O–H groups in total. The van der Waals surface area contributed by atoms with Crippen LogP contribution in [0.2, 0.25) is 0 Å². The molecule has 0 aliphatic rings. The van der Waals surface area contributed by atoms with Crippen molar-refractivity contribution < 1.29 is 9.53 Å². The van der Waals surface area contributed by atoms with Crippen LogP contribution in [-0.2, 0) is 11.8 Å². The van der Waals surface area contributed by atoms with Crippen molar-refractivity contribution in [2.75, 3.05) is 6.61 Å². The van der Waals surface area contributed by atoms with Crippen LogP contribution < -0.4 is 5.69 Å². The highest BCUT2D eigenvalue weighted by Gasteiger charge is 2.18. The number of imidazole rings is 1. The molecule has 114 valence electrons. The van der Waals surface area contributed by atoms with Crippen LogP contribution in [0.1, 0.15) is 43.6 Å². The number of aromatic nitrogens is 5. The Balaban J connectivity index is 2.00. The molecule has 0 saturated heterocycles. The molecule has 0 aliphatic carbocycles. The van der Waals surface area contributed by atoms with E-state index in [0.717, 1.165) is 23.9 Å². The molecule has 0 radical (unpaired) electrons. The van der Waals surface area contributed by atoms with Gasteiger partial charge in [0.2, 0.25) is 0 Å². The molecule has 0 aromatic carbocycles. The molecule has 2 heterocycles. The first-order valence-corrected chi connectivity index (χ1v) is 6.95. The number of esters is 1. The Bertz CT molecular complexity index is 689. The smallest absolute Gasteiger partial charge is 0.360 e. The summed E-state index contributed by atoms with van der Waals surface area (Å²) in [5, 5.41) is 7.44. The maximum absolute atomic E-state index is 11.9. The first-order valence-electron chi connectivity index (χ1n) is 6.95. The largest absolute Gasteiger partial charge is 0.461 e. The van der Waals surface area contributed by atoms with Gasteiger partial charge in [0.1, 0.15) is 6.33 Å². The van der Waals surface area contributed by atoms with Crippen molar-refractivity contribution in [1.82, 2.24) is 24.4 Å². The molecule has 0 fully saturated rings. The lowest BCUT2D eigenvalue weighted by Crippen LogP contribution is -2.27. The average molecular weight is 293 g/mol. The SMILES string of the molecule is CC(C)CCCCOC(=O)c1ncn2c(=O)n(C)nnc12. The fourth-order valence-corrected chi connectivity index (χ4v) is 1.91. The Morgan fingerprint density at radius 3 is 2.86 bits per heavy atom. The predicted octanol–water partition coefficient (Wildman–Crippen LogP) is 0.806. The van der Waals surface area contributed by atoms with E-state index in [0.29, 0.717) is 12.5 Å². The first kappa shape index (κ1) is 15.1. The average Bonchev–Trinajstić information content (AvgIpc) is 2.86. The summed E-state index contributed by atoms with van der Waals surface area (Å²) in [6.45, 7) is 4.65. The molecule has 0 spiro atoms. The highest BCUT2D eigenvalue weighted by Crippen LogP contribution is 2.08. The molecule has 0 atom stereocenters. The second-order valence-corrected chi connectivity index (χ2v) is 5.31. The Morgan fingerprint density at radius 2 is 2.14 bits per heavy atom. The van der Waals surface area contributed by atoms with Crippen LogP contribution >= 0.6 is 0 Å². The topological polar surface area (TPSA) is 91.4 Å². The number of hydrogen-bond acceptors (Lipinski definition) is 6. The van der Waals surface area contributed by atoms with Crippen LogP contribution in [0.4, 0.5) is 0 Å². The van der Waals surface area contributed by atoms with Crippen LogP contribution in [0.3, 0.4) is 0 Å². The number of hydrogen-bond donors (Lipinski definition) is 0. The molecule has 0 amide bonds. The van der Waals surface area contributed by atoms with Crippen LogP contribution in [0, 0.1) is 5.92 Å². The van der Waals surface area contributed by atoms with Gasteiger partial charge in [-0.15, -0.1) is 5.10 Å². The number of carbonyl (C=O) groups excluding carboxylic acids is 1. The minimum atomic E-state index is -0.579. The lowest BCUT2D eigenvalue weighted by Gasteiger charge is -2.05. The summed E-state index contributed by atoms with van der Waals surface area (Å²) in [5.41, 5.74) is -0.280. The molecule has 2 aromatic heterocycles. The lowest BCUT2D eigenvalue weighted by atomic mass is 10.1. The van der Waals surface area contributed by atoms with Crippen molar-refractivity contribution in [1.29, 1.82) is 0 Å². The van der Waals surface area contributed by atoms with Gasteiger partial charge in [0.15, 0.2) is 11.3 Å². The molecule has 0 aliphatic heterocycles. The molecule has 21 heavy (non-hydrogen) atoms. The van der Waals surface area contributed by atoms with E-state index < -0.39 is 11.7 Å². The number of ether oxygens (including phenoxy) is 1. The highest BCUT2D eigenvalue weighted by atomic mass is 16.5. The minimum absolute atomic E-state index is 0.0176. The third-order valence-electron chi connectivity index (χ3n) is 3.10. The van der Waals surface area contributed by atoms with Gasteiger partial charge in [0, 0.05) is 7.05 Å². The molecule has 8 heteroatoms. The predicted molar refractivity (Wildman–Crippen MR) is 75.0 cm³/mol. The Morgan fingerprint density at radius 1 is 1.38 bits per heavy atom. The van der Waals surface area contributed by atoms with Crippen LogP contribution in [-0.4, -0.2) is 37.0 Å². The lowest BCUT2D eigenvalue weighted by molar-refractivity contribution is 0.0493. The Kier molecular flexibility index (Phi) is 4.66. The van der Waals surface area contributed by atoms with Crippen molar-refractivity contribution in [2.24, 2.45) is 13.0 Å².